The first-order valence-electron chi connectivity index (χ1n) is 2.87. The average Bonchev–Trinajstić information content (AvgIpc) is 1.98. The second-order valence-corrected chi connectivity index (χ2v) is 1.72. The molecule has 0 saturated carbocycles. The second kappa shape index (κ2) is 5.12. The molecule has 6 nitrogen and oxygen atoms in total. The van der Waals surface area contributed by atoms with Crippen LogP contribution in [-0.2, 0) is 9.59 Å². The number of hydrogen-bond acceptors (Lipinski definition) is 6. The van der Waals surface area contributed by atoms with E-state index >= 15 is 0 Å². The third-order valence-electron chi connectivity index (χ3n) is 0.813. The smallest absolute Gasteiger partial charge is 0.296 e. The van der Waals surface area contributed by atoms with Crippen LogP contribution in [0.5, 0.6) is 0 Å². The van der Waals surface area contributed by atoms with Crippen LogP contribution in [0.2, 0.25) is 0 Å². The molecule has 0 amide bonds. The third kappa shape index (κ3) is 5.22. The molecule has 6 heteroatoms. The van der Waals surface area contributed by atoms with E-state index in [1.165, 1.54) is 6.08 Å². The quantitative estimate of drug-likeness (QED) is 0.241. The molecule has 0 aliphatic carbocycles. The van der Waals surface area contributed by atoms with Crippen LogP contribution in [0.4, 0.5) is 0 Å². The van der Waals surface area contributed by atoms with Gasteiger partial charge in [0.25, 0.3) is 5.91 Å². The van der Waals surface area contributed by atoms with Crippen molar-refractivity contribution >= 4 is 12.2 Å². The van der Waals surface area contributed by atoms with Gasteiger partial charge in [-0.05, 0) is 6.08 Å². The van der Waals surface area contributed by atoms with Crippen molar-refractivity contribution in [3.05, 3.63) is 12.2 Å². The van der Waals surface area contributed by atoms with Crippen molar-refractivity contribution in [3.63, 3.8) is 0 Å². The normalized spacial score (nSPS) is 10.5. The molecular formula is C6H6N2O4. The molecule has 0 radical (unpaired) electrons. The number of isocyanates is 2. The van der Waals surface area contributed by atoms with Crippen molar-refractivity contribution in [2.45, 2.75) is 5.91 Å². The van der Waals surface area contributed by atoms with Gasteiger partial charge in [0.1, 0.15) is 0 Å². The van der Waals surface area contributed by atoms with Gasteiger partial charge in [0.2, 0.25) is 12.2 Å². The van der Waals surface area contributed by atoms with Gasteiger partial charge in [-0.15, -0.1) is 4.99 Å². The van der Waals surface area contributed by atoms with Gasteiger partial charge in [-0.1, -0.05) is 6.08 Å². The highest BCUT2D eigenvalue weighted by Crippen LogP contribution is 2.01. The molecular weight excluding hydrogens is 164 g/mol. The minimum Gasteiger partial charge on any atom is -0.344 e. The van der Waals surface area contributed by atoms with Crippen molar-refractivity contribution in [1.29, 1.82) is 0 Å². The van der Waals surface area contributed by atoms with Gasteiger partial charge < -0.3 is 10.2 Å². The van der Waals surface area contributed by atoms with Crippen molar-refractivity contribution in [1.82, 2.24) is 0 Å². The van der Waals surface area contributed by atoms with E-state index < -0.39 is 5.91 Å². The van der Waals surface area contributed by atoms with E-state index in [1.807, 2.05) is 0 Å². The number of hydrogen-bond donors (Lipinski definition) is 2. The number of aliphatic imine (C=N–C) groups is 2. The molecule has 0 fully saturated rings. The highest BCUT2D eigenvalue weighted by Gasteiger charge is 2.15. The lowest BCUT2D eigenvalue weighted by atomic mass is 10.4. The summed E-state index contributed by atoms with van der Waals surface area (Å²) in [6.07, 6.45) is 4.14. The summed E-state index contributed by atoms with van der Waals surface area (Å²) >= 11 is 0. The number of carbonyl (C=O) groups excluding carboxylic acids is 2. The fourth-order valence-electron chi connectivity index (χ4n) is 0.405. The van der Waals surface area contributed by atoms with E-state index in [0.29, 0.717) is 0 Å². The van der Waals surface area contributed by atoms with Gasteiger partial charge in [0, 0.05) is 0 Å². The molecule has 0 spiro atoms. The van der Waals surface area contributed by atoms with Crippen molar-refractivity contribution < 1.29 is 19.8 Å². The fourth-order valence-corrected chi connectivity index (χ4v) is 0.405. The monoisotopic (exact) mass is 170 g/mol. The van der Waals surface area contributed by atoms with Crippen molar-refractivity contribution in [2.24, 2.45) is 9.98 Å². The van der Waals surface area contributed by atoms with Gasteiger partial charge in [-0.3, -0.25) is 0 Å². The Morgan fingerprint density at radius 3 is 2.50 bits per heavy atom. The summed E-state index contributed by atoms with van der Waals surface area (Å²) in [6, 6.07) is 0. The van der Waals surface area contributed by atoms with E-state index in [9.17, 15) is 9.59 Å². The first-order chi connectivity index (χ1) is 5.62. The maximum atomic E-state index is 9.58. The molecule has 0 heterocycles. The number of nitrogens with zero attached hydrogens (tertiary/aromatic N) is 2. The molecule has 12 heavy (non-hydrogen) atoms. The van der Waals surface area contributed by atoms with Crippen LogP contribution in [0.25, 0.3) is 0 Å². The molecule has 0 atom stereocenters. The summed E-state index contributed by atoms with van der Waals surface area (Å²) in [5, 5.41) is 17.4. The molecule has 0 aliphatic heterocycles. The lowest BCUT2D eigenvalue weighted by Crippen LogP contribution is -2.21. The van der Waals surface area contributed by atoms with Crippen LogP contribution < -0.4 is 0 Å². The first-order valence-corrected chi connectivity index (χ1v) is 2.87. The largest absolute Gasteiger partial charge is 0.344 e. The van der Waals surface area contributed by atoms with Gasteiger partial charge >= 0.3 is 0 Å². The summed E-state index contributed by atoms with van der Waals surface area (Å²) in [4.78, 5) is 24.8. The predicted molar refractivity (Wildman–Crippen MR) is 37.4 cm³/mol. The molecule has 0 bridgehead atoms. The van der Waals surface area contributed by atoms with Gasteiger partial charge in [0.15, 0.2) is 0 Å². The van der Waals surface area contributed by atoms with Crippen LogP contribution in [0.1, 0.15) is 0 Å². The lowest BCUT2D eigenvalue weighted by molar-refractivity contribution is -0.109. The Morgan fingerprint density at radius 1 is 1.33 bits per heavy atom. The van der Waals surface area contributed by atoms with E-state index in [-0.39, 0.29) is 6.54 Å². The Morgan fingerprint density at radius 2 is 2.00 bits per heavy atom. The fraction of sp³-hybridized carbons (Fsp3) is 0.333. The Kier molecular flexibility index (Phi) is 4.45. The average molecular weight is 170 g/mol. The maximum absolute atomic E-state index is 9.58. The summed E-state index contributed by atoms with van der Waals surface area (Å²) in [7, 11) is 0. The Hall–Kier alpha value is -1.58. The zero-order valence-electron chi connectivity index (χ0n) is 5.97. The molecule has 2 N–H and O–H groups in total. The Balaban J connectivity index is 4.12. The summed E-state index contributed by atoms with van der Waals surface area (Å²) in [5.74, 6) is -2.57. The Bertz CT molecular complexity index is 259. The minimum absolute atomic E-state index is 0.0548. The first kappa shape index (κ1) is 10.4. The standard InChI is InChI=1S/C6H6N2O4/c9-4-7-3-1-2-6(11,12)8-5-10/h1-2,11-12H,3H2/b2-1+. The van der Waals surface area contributed by atoms with Crippen LogP contribution in [0, 0.1) is 0 Å². The second-order valence-electron chi connectivity index (χ2n) is 1.72. The predicted octanol–water partition coefficient (Wildman–Crippen LogP) is -1.15. The maximum Gasteiger partial charge on any atom is 0.296 e. The van der Waals surface area contributed by atoms with Crippen LogP contribution in [-0.4, -0.2) is 34.8 Å². The Labute approximate surface area is 67.6 Å². The third-order valence-corrected chi connectivity index (χ3v) is 0.813. The molecule has 0 aliphatic rings. The summed E-state index contributed by atoms with van der Waals surface area (Å²) < 4.78 is 0. The SMILES string of the molecule is O=C=NC/C=C/C(O)(O)N=C=O. The molecule has 0 unspecified atom stereocenters. The van der Waals surface area contributed by atoms with Gasteiger partial charge in [0.05, 0.1) is 6.54 Å². The summed E-state index contributed by atoms with van der Waals surface area (Å²) in [6.45, 7) is -0.0548. The van der Waals surface area contributed by atoms with E-state index in [1.54, 1.807) is 0 Å². The van der Waals surface area contributed by atoms with Crippen molar-refractivity contribution in [2.75, 3.05) is 6.54 Å². The number of aliphatic hydroxyl groups is 2. The van der Waals surface area contributed by atoms with E-state index in [2.05, 4.69) is 9.98 Å². The van der Waals surface area contributed by atoms with Gasteiger partial charge in [-0.25, -0.2) is 14.6 Å². The minimum atomic E-state index is -2.57. The molecule has 0 rings (SSSR count). The summed E-state index contributed by atoms with van der Waals surface area (Å²) in [5.41, 5.74) is 0. The zero-order valence-corrected chi connectivity index (χ0v) is 5.97. The van der Waals surface area contributed by atoms with E-state index in [4.69, 9.17) is 10.2 Å². The van der Waals surface area contributed by atoms with Crippen molar-refractivity contribution in [3.8, 4) is 0 Å². The molecule has 0 aromatic heterocycles. The topological polar surface area (TPSA) is 99.3 Å². The lowest BCUT2D eigenvalue weighted by Gasteiger charge is -2.06. The number of rotatable bonds is 4. The van der Waals surface area contributed by atoms with Crippen LogP contribution in [0.15, 0.2) is 22.1 Å². The highest BCUT2D eigenvalue weighted by atomic mass is 16.5. The molecule has 0 aromatic rings. The van der Waals surface area contributed by atoms with Crippen LogP contribution >= 0.6 is 0 Å². The van der Waals surface area contributed by atoms with E-state index in [0.717, 1.165) is 18.2 Å². The molecule has 64 valence electrons. The molecule has 0 aromatic carbocycles. The van der Waals surface area contributed by atoms with Gasteiger partial charge in [-0.2, -0.15) is 0 Å². The van der Waals surface area contributed by atoms with Crippen LogP contribution in [0.3, 0.4) is 0 Å². The highest BCUT2D eigenvalue weighted by molar-refractivity contribution is 5.35. The molecule has 0 saturated heterocycles. The zero-order chi connectivity index (χ0) is 9.45.